The van der Waals surface area contributed by atoms with Crippen LogP contribution in [0.3, 0.4) is 0 Å². The topological polar surface area (TPSA) is 69.3 Å². The molecule has 0 saturated carbocycles. The molecule has 162 valence electrons. The molecule has 0 saturated heterocycles. The standard InChI is InChI=1S/C17H13ClF5N3O3S/c1-27-13-4-5-24-12(14(13)28-8-16(19,20)21)7-30-15-25-10-3-2-9(6-11(10)26-15)29-17(18,22)23/h2-6H,7-8H2,1H3,(H,25,26). The summed E-state index contributed by atoms with van der Waals surface area (Å²) >= 11 is 5.87. The normalized spacial score (nSPS) is 12.2. The molecule has 0 radical (unpaired) electrons. The maximum absolute atomic E-state index is 12.8. The van der Waals surface area contributed by atoms with Crippen molar-refractivity contribution in [1.29, 1.82) is 0 Å². The minimum Gasteiger partial charge on any atom is -0.493 e. The van der Waals surface area contributed by atoms with Crippen molar-refractivity contribution < 1.29 is 36.2 Å². The number of nitrogens with one attached hydrogen (secondary N) is 1. The van der Waals surface area contributed by atoms with Crippen LogP contribution in [0, 0.1) is 0 Å². The zero-order valence-electron chi connectivity index (χ0n) is 15.1. The molecule has 0 aliphatic heterocycles. The number of rotatable bonds is 8. The van der Waals surface area contributed by atoms with Gasteiger partial charge in [-0.05, 0) is 12.1 Å². The highest BCUT2D eigenvalue weighted by molar-refractivity contribution is 7.98. The summed E-state index contributed by atoms with van der Waals surface area (Å²) in [4.78, 5) is 11.2. The minimum atomic E-state index is -4.52. The summed E-state index contributed by atoms with van der Waals surface area (Å²) in [6, 6.07) is 5.41. The number of aromatic amines is 1. The van der Waals surface area contributed by atoms with Crippen molar-refractivity contribution >= 4 is 34.4 Å². The summed E-state index contributed by atoms with van der Waals surface area (Å²) in [7, 11) is 1.30. The first-order valence-corrected chi connectivity index (χ1v) is 9.50. The molecule has 3 aromatic rings. The Morgan fingerprint density at radius 3 is 2.60 bits per heavy atom. The highest BCUT2D eigenvalue weighted by Crippen LogP contribution is 2.35. The number of ether oxygens (including phenoxy) is 3. The Kier molecular flexibility index (Phi) is 6.46. The van der Waals surface area contributed by atoms with E-state index < -0.39 is 18.4 Å². The van der Waals surface area contributed by atoms with Crippen molar-refractivity contribution in [2.45, 2.75) is 22.7 Å². The van der Waals surface area contributed by atoms with Crippen LogP contribution in [-0.4, -0.2) is 40.4 Å². The largest absolute Gasteiger partial charge is 0.493 e. The molecule has 0 amide bonds. The Hall–Kier alpha value is -2.47. The van der Waals surface area contributed by atoms with Gasteiger partial charge in [-0.2, -0.15) is 13.2 Å². The number of H-pyrrole nitrogens is 1. The second-order valence-electron chi connectivity index (χ2n) is 5.75. The Bertz CT molecular complexity index is 1030. The van der Waals surface area contributed by atoms with E-state index in [2.05, 4.69) is 19.7 Å². The smallest absolute Gasteiger partial charge is 0.487 e. The van der Waals surface area contributed by atoms with Crippen LogP contribution in [0.5, 0.6) is 17.2 Å². The van der Waals surface area contributed by atoms with Crippen molar-refractivity contribution in [2.75, 3.05) is 13.7 Å². The zero-order valence-corrected chi connectivity index (χ0v) is 16.7. The zero-order chi connectivity index (χ0) is 21.9. The first kappa shape index (κ1) is 22.2. The van der Waals surface area contributed by atoms with Gasteiger partial charge in [-0.1, -0.05) is 11.8 Å². The predicted molar refractivity (Wildman–Crippen MR) is 99.4 cm³/mol. The number of thioether (sulfide) groups is 1. The van der Waals surface area contributed by atoms with E-state index in [4.69, 9.17) is 21.1 Å². The molecule has 6 nitrogen and oxygen atoms in total. The van der Waals surface area contributed by atoms with Crippen molar-refractivity contribution in [3.63, 3.8) is 0 Å². The number of benzene rings is 1. The van der Waals surface area contributed by atoms with E-state index in [1.54, 1.807) is 0 Å². The number of methoxy groups -OCH3 is 1. The third kappa shape index (κ3) is 6.02. The highest BCUT2D eigenvalue weighted by Gasteiger charge is 2.30. The second kappa shape index (κ2) is 8.72. The lowest BCUT2D eigenvalue weighted by Gasteiger charge is -2.15. The fourth-order valence-electron chi connectivity index (χ4n) is 2.41. The highest BCUT2D eigenvalue weighted by atomic mass is 35.5. The average molecular weight is 470 g/mol. The van der Waals surface area contributed by atoms with Gasteiger partial charge in [0.25, 0.3) is 0 Å². The molecule has 0 fully saturated rings. The van der Waals surface area contributed by atoms with E-state index in [0.29, 0.717) is 16.2 Å². The molecule has 1 aromatic carbocycles. The number of fused-ring (bicyclic) bond motifs is 1. The van der Waals surface area contributed by atoms with Crippen LogP contribution in [0.4, 0.5) is 22.0 Å². The molecule has 13 heteroatoms. The quantitative estimate of drug-likeness (QED) is 0.272. The molecule has 3 rings (SSSR count). The molecule has 0 atom stereocenters. The van der Waals surface area contributed by atoms with E-state index in [1.807, 2.05) is 0 Å². The van der Waals surface area contributed by atoms with Gasteiger partial charge in [0, 0.05) is 35.7 Å². The summed E-state index contributed by atoms with van der Waals surface area (Å²) in [5, 5.41) is 0.381. The third-order valence-corrected chi connectivity index (χ3v) is 4.51. The molecule has 0 aliphatic rings. The Balaban J connectivity index is 1.77. The van der Waals surface area contributed by atoms with Gasteiger partial charge in [0.1, 0.15) is 5.75 Å². The summed E-state index contributed by atoms with van der Waals surface area (Å²) in [6.07, 6.45) is -3.15. The minimum absolute atomic E-state index is 0.104. The maximum atomic E-state index is 12.8. The Morgan fingerprint density at radius 2 is 1.93 bits per heavy atom. The van der Waals surface area contributed by atoms with Crippen LogP contribution >= 0.6 is 23.4 Å². The van der Waals surface area contributed by atoms with Crippen molar-refractivity contribution in [3.8, 4) is 17.2 Å². The summed E-state index contributed by atoms with van der Waals surface area (Å²) in [5.74, 6) is -0.0768. The van der Waals surface area contributed by atoms with Crippen LogP contribution in [0.25, 0.3) is 11.0 Å². The molecule has 1 N–H and O–H groups in total. The number of pyridine rings is 1. The van der Waals surface area contributed by atoms with E-state index >= 15 is 0 Å². The number of halogens is 6. The SMILES string of the molecule is COc1ccnc(CSc2nc3ccc(OC(F)(F)Cl)cc3[nH]2)c1OCC(F)(F)F. The van der Waals surface area contributed by atoms with Crippen LogP contribution in [0.1, 0.15) is 5.69 Å². The number of nitrogens with zero attached hydrogens (tertiary/aromatic N) is 2. The monoisotopic (exact) mass is 469 g/mol. The molecular formula is C17H13ClF5N3O3S. The van der Waals surface area contributed by atoms with E-state index in [1.165, 1.54) is 37.6 Å². The van der Waals surface area contributed by atoms with Gasteiger partial charge in [-0.3, -0.25) is 4.98 Å². The van der Waals surface area contributed by atoms with Crippen LogP contribution in [0.15, 0.2) is 35.6 Å². The van der Waals surface area contributed by atoms with E-state index in [0.717, 1.165) is 11.8 Å². The molecule has 2 aromatic heterocycles. The van der Waals surface area contributed by atoms with Gasteiger partial charge in [-0.25, -0.2) is 4.98 Å². The van der Waals surface area contributed by atoms with Gasteiger partial charge in [0.15, 0.2) is 23.3 Å². The maximum Gasteiger partial charge on any atom is 0.487 e. The molecule has 2 heterocycles. The number of imidazole rings is 1. The van der Waals surface area contributed by atoms with Crippen molar-refractivity contribution in [1.82, 2.24) is 15.0 Å². The van der Waals surface area contributed by atoms with Gasteiger partial charge in [0.05, 0.1) is 23.8 Å². The number of hydrogen-bond acceptors (Lipinski definition) is 6. The summed E-state index contributed by atoms with van der Waals surface area (Å²) in [5.41, 5.74) is -2.76. The van der Waals surface area contributed by atoms with Gasteiger partial charge in [-0.15, -0.1) is 8.78 Å². The summed E-state index contributed by atoms with van der Waals surface area (Å²) in [6.45, 7) is -1.49. The van der Waals surface area contributed by atoms with Crippen LogP contribution in [0.2, 0.25) is 0 Å². The second-order valence-corrected chi connectivity index (χ2v) is 7.15. The Morgan fingerprint density at radius 1 is 1.17 bits per heavy atom. The van der Waals surface area contributed by atoms with Crippen LogP contribution < -0.4 is 14.2 Å². The lowest BCUT2D eigenvalue weighted by atomic mass is 10.3. The molecular weight excluding hydrogens is 457 g/mol. The van der Waals surface area contributed by atoms with Gasteiger partial charge >= 0.3 is 11.7 Å². The molecule has 30 heavy (non-hydrogen) atoms. The van der Waals surface area contributed by atoms with Crippen molar-refractivity contribution in [2.24, 2.45) is 0 Å². The lowest BCUT2D eigenvalue weighted by Crippen LogP contribution is -2.20. The first-order chi connectivity index (χ1) is 14.0. The van der Waals surface area contributed by atoms with Gasteiger partial charge < -0.3 is 19.2 Å². The van der Waals surface area contributed by atoms with E-state index in [-0.39, 0.29) is 28.7 Å². The molecule has 0 unspecified atom stereocenters. The average Bonchev–Trinajstić information content (AvgIpc) is 3.04. The molecule has 0 aliphatic carbocycles. The van der Waals surface area contributed by atoms with Crippen LogP contribution in [-0.2, 0) is 5.75 Å². The number of hydrogen-bond donors (Lipinski definition) is 1. The number of alkyl halides is 6. The predicted octanol–water partition coefficient (Wildman–Crippen LogP) is 5.37. The molecule has 0 spiro atoms. The van der Waals surface area contributed by atoms with Crippen molar-refractivity contribution in [3.05, 3.63) is 36.2 Å². The fraction of sp³-hybridized carbons (Fsp3) is 0.294. The molecule has 0 bridgehead atoms. The third-order valence-electron chi connectivity index (χ3n) is 3.55. The van der Waals surface area contributed by atoms with Gasteiger partial charge in [0.2, 0.25) is 0 Å². The van der Waals surface area contributed by atoms with E-state index in [9.17, 15) is 22.0 Å². The Labute approximate surface area is 175 Å². The lowest BCUT2D eigenvalue weighted by molar-refractivity contribution is -0.153. The fourth-order valence-corrected chi connectivity index (χ4v) is 3.32. The summed E-state index contributed by atoms with van der Waals surface area (Å²) < 4.78 is 77.4. The number of aromatic nitrogens is 3. The first-order valence-electron chi connectivity index (χ1n) is 8.14.